The van der Waals surface area contributed by atoms with Crippen LogP contribution in [0.2, 0.25) is 10.0 Å². The molecule has 0 aliphatic carbocycles. The van der Waals surface area contributed by atoms with Gasteiger partial charge in [0.05, 0.1) is 12.3 Å². The second kappa shape index (κ2) is 6.55. The molecule has 4 heteroatoms. The summed E-state index contributed by atoms with van der Waals surface area (Å²) in [6, 6.07) is 13.5. The molecule has 2 aromatic carbocycles. The third-order valence-electron chi connectivity index (χ3n) is 3.45. The lowest BCUT2D eigenvalue weighted by atomic mass is 9.96. The van der Waals surface area contributed by atoms with Gasteiger partial charge < -0.3 is 4.74 Å². The van der Waals surface area contributed by atoms with Gasteiger partial charge in [-0.1, -0.05) is 47.5 Å². The van der Waals surface area contributed by atoms with E-state index in [0.29, 0.717) is 29.0 Å². The molecule has 1 aliphatic rings. The predicted molar refractivity (Wildman–Crippen MR) is 93.3 cm³/mol. The molecule has 0 radical (unpaired) electrons. The van der Waals surface area contributed by atoms with Crippen LogP contribution in [0.15, 0.2) is 53.5 Å². The van der Waals surface area contributed by atoms with E-state index in [2.05, 4.69) is 11.1 Å². The van der Waals surface area contributed by atoms with Crippen LogP contribution in [0.1, 0.15) is 24.5 Å². The van der Waals surface area contributed by atoms with E-state index in [1.807, 2.05) is 49.4 Å². The highest BCUT2D eigenvalue weighted by Gasteiger charge is 2.17. The second-order valence-electron chi connectivity index (χ2n) is 4.90. The zero-order valence-electron chi connectivity index (χ0n) is 12.1. The topological polar surface area (TPSA) is 21.6 Å². The van der Waals surface area contributed by atoms with Crippen molar-refractivity contribution in [3.05, 3.63) is 69.7 Å². The number of hydrogen-bond donors (Lipinski definition) is 0. The van der Waals surface area contributed by atoms with Gasteiger partial charge in [-0.2, -0.15) is 0 Å². The highest BCUT2D eigenvalue weighted by atomic mass is 35.5. The van der Waals surface area contributed by atoms with Crippen LogP contribution in [0.5, 0.6) is 0 Å². The standard InChI is InChI=1S/C18H15Cl2NO/c1-2-22-18-10-8-13(14-5-3-4-6-16(14)20)15-11-12(19)7-9-17(15)21-18/h3-9,11H,2,10H2,1H3. The number of fused-ring (bicyclic) bond motifs is 1. The highest BCUT2D eigenvalue weighted by Crippen LogP contribution is 2.38. The van der Waals surface area contributed by atoms with Gasteiger partial charge in [0.1, 0.15) is 0 Å². The Morgan fingerprint density at radius 1 is 1.09 bits per heavy atom. The van der Waals surface area contributed by atoms with Crippen molar-refractivity contribution >= 4 is 40.4 Å². The quantitative estimate of drug-likeness (QED) is 0.671. The van der Waals surface area contributed by atoms with Crippen molar-refractivity contribution in [3.8, 4) is 0 Å². The van der Waals surface area contributed by atoms with E-state index >= 15 is 0 Å². The Labute approximate surface area is 140 Å². The smallest absolute Gasteiger partial charge is 0.192 e. The summed E-state index contributed by atoms with van der Waals surface area (Å²) in [7, 11) is 0. The summed E-state index contributed by atoms with van der Waals surface area (Å²) in [5, 5.41) is 1.38. The van der Waals surface area contributed by atoms with Crippen molar-refractivity contribution in [2.45, 2.75) is 13.3 Å². The number of halogens is 2. The number of benzene rings is 2. The van der Waals surface area contributed by atoms with E-state index in [-0.39, 0.29) is 0 Å². The van der Waals surface area contributed by atoms with E-state index in [0.717, 1.165) is 22.4 Å². The Hall–Kier alpha value is -1.77. The van der Waals surface area contributed by atoms with Crippen molar-refractivity contribution in [1.29, 1.82) is 0 Å². The van der Waals surface area contributed by atoms with Gasteiger partial charge in [0.2, 0.25) is 0 Å². The fourth-order valence-corrected chi connectivity index (χ4v) is 2.90. The lowest BCUT2D eigenvalue weighted by Crippen LogP contribution is -2.01. The number of ether oxygens (including phenoxy) is 1. The Bertz CT molecular complexity index is 765. The molecule has 0 spiro atoms. The van der Waals surface area contributed by atoms with Crippen LogP contribution in [-0.2, 0) is 4.74 Å². The van der Waals surface area contributed by atoms with E-state index in [1.165, 1.54) is 0 Å². The SMILES string of the molecule is CCOC1=Nc2ccc(Cl)cc2C(c2ccccc2Cl)=CC1. The van der Waals surface area contributed by atoms with Crippen LogP contribution in [-0.4, -0.2) is 12.5 Å². The van der Waals surface area contributed by atoms with Gasteiger partial charge in [-0.15, -0.1) is 0 Å². The van der Waals surface area contributed by atoms with Crippen molar-refractivity contribution in [3.63, 3.8) is 0 Å². The van der Waals surface area contributed by atoms with Gasteiger partial charge in [0.25, 0.3) is 0 Å². The first kappa shape index (κ1) is 15.1. The number of hydrogen-bond acceptors (Lipinski definition) is 2. The Morgan fingerprint density at radius 3 is 2.68 bits per heavy atom. The molecule has 22 heavy (non-hydrogen) atoms. The first-order valence-corrected chi connectivity index (χ1v) is 7.90. The molecule has 0 amide bonds. The summed E-state index contributed by atoms with van der Waals surface area (Å²) in [6.07, 6.45) is 2.72. The molecule has 0 saturated heterocycles. The Morgan fingerprint density at radius 2 is 1.91 bits per heavy atom. The molecular formula is C18H15Cl2NO. The summed E-state index contributed by atoms with van der Waals surface area (Å²) in [6.45, 7) is 2.55. The molecule has 0 fully saturated rings. The molecule has 2 aromatic rings. The third-order valence-corrected chi connectivity index (χ3v) is 4.01. The van der Waals surface area contributed by atoms with Crippen molar-refractivity contribution in [2.75, 3.05) is 6.61 Å². The average Bonchev–Trinajstić information content (AvgIpc) is 2.68. The van der Waals surface area contributed by atoms with E-state index < -0.39 is 0 Å². The largest absolute Gasteiger partial charge is 0.481 e. The minimum Gasteiger partial charge on any atom is -0.481 e. The second-order valence-corrected chi connectivity index (χ2v) is 5.75. The molecule has 0 bridgehead atoms. The normalized spacial score (nSPS) is 13.8. The number of aliphatic imine (C=N–C) groups is 1. The minimum atomic E-state index is 0.594. The summed E-state index contributed by atoms with van der Waals surface area (Å²) in [5.74, 6) is 0.702. The molecule has 3 rings (SSSR count). The predicted octanol–water partition coefficient (Wildman–Crippen LogP) is 5.90. The zero-order chi connectivity index (χ0) is 15.5. The third kappa shape index (κ3) is 3.03. The van der Waals surface area contributed by atoms with Gasteiger partial charge in [0.15, 0.2) is 5.90 Å². The molecule has 0 saturated carbocycles. The lowest BCUT2D eigenvalue weighted by molar-refractivity contribution is 0.321. The van der Waals surface area contributed by atoms with Gasteiger partial charge in [-0.05, 0) is 36.8 Å². The van der Waals surface area contributed by atoms with Crippen molar-refractivity contribution in [1.82, 2.24) is 0 Å². The van der Waals surface area contributed by atoms with Crippen LogP contribution in [0.25, 0.3) is 5.57 Å². The van der Waals surface area contributed by atoms with E-state index in [9.17, 15) is 0 Å². The Kier molecular flexibility index (Phi) is 4.51. The molecule has 0 unspecified atom stereocenters. The van der Waals surface area contributed by atoms with Gasteiger partial charge in [-0.3, -0.25) is 0 Å². The molecule has 0 aromatic heterocycles. The number of rotatable bonds is 2. The maximum atomic E-state index is 6.37. The summed E-state index contributed by atoms with van der Waals surface area (Å²) in [4.78, 5) is 4.62. The molecular weight excluding hydrogens is 317 g/mol. The van der Waals surface area contributed by atoms with Gasteiger partial charge in [-0.25, -0.2) is 4.99 Å². The Balaban J connectivity index is 2.17. The van der Waals surface area contributed by atoms with Crippen molar-refractivity contribution in [2.24, 2.45) is 4.99 Å². The fourth-order valence-electron chi connectivity index (χ4n) is 2.49. The van der Waals surface area contributed by atoms with Crippen LogP contribution in [0, 0.1) is 0 Å². The summed E-state index contributed by atoms with van der Waals surface area (Å²) in [5.41, 5.74) is 3.81. The molecule has 112 valence electrons. The molecule has 1 aliphatic heterocycles. The first-order chi connectivity index (χ1) is 10.7. The monoisotopic (exact) mass is 331 g/mol. The molecule has 0 N–H and O–H groups in total. The lowest BCUT2D eigenvalue weighted by Gasteiger charge is -2.11. The first-order valence-electron chi connectivity index (χ1n) is 7.14. The van der Waals surface area contributed by atoms with Crippen LogP contribution in [0.4, 0.5) is 5.69 Å². The van der Waals surface area contributed by atoms with Gasteiger partial charge in [0, 0.05) is 27.6 Å². The van der Waals surface area contributed by atoms with Crippen molar-refractivity contribution < 1.29 is 4.74 Å². The highest BCUT2D eigenvalue weighted by molar-refractivity contribution is 6.33. The molecule has 0 atom stereocenters. The molecule has 1 heterocycles. The average molecular weight is 332 g/mol. The molecule has 2 nitrogen and oxygen atoms in total. The summed E-state index contributed by atoms with van der Waals surface area (Å²) < 4.78 is 5.60. The number of nitrogens with zero attached hydrogens (tertiary/aromatic N) is 1. The zero-order valence-corrected chi connectivity index (χ0v) is 13.7. The van der Waals surface area contributed by atoms with Crippen LogP contribution < -0.4 is 0 Å². The van der Waals surface area contributed by atoms with Crippen LogP contribution >= 0.6 is 23.2 Å². The van der Waals surface area contributed by atoms with Gasteiger partial charge >= 0.3 is 0 Å². The maximum Gasteiger partial charge on any atom is 0.192 e. The summed E-state index contributed by atoms with van der Waals surface area (Å²) >= 11 is 12.6. The maximum absolute atomic E-state index is 6.37. The fraction of sp³-hybridized carbons (Fsp3) is 0.167. The van der Waals surface area contributed by atoms with E-state index in [4.69, 9.17) is 27.9 Å². The van der Waals surface area contributed by atoms with Crippen LogP contribution in [0.3, 0.4) is 0 Å². The van der Waals surface area contributed by atoms with E-state index in [1.54, 1.807) is 0 Å². The minimum absolute atomic E-state index is 0.594.